The SMILES string of the molecule is CCNC(Cc1c(C)cccc1C)C(C)(C)OC. The molecular weight excluding hydrogens is 222 g/mol. The summed E-state index contributed by atoms with van der Waals surface area (Å²) in [6, 6.07) is 6.82. The summed E-state index contributed by atoms with van der Waals surface area (Å²) in [4.78, 5) is 0. The van der Waals surface area contributed by atoms with Crippen molar-refractivity contribution in [3.8, 4) is 0 Å². The normalized spacial score (nSPS) is 13.7. The van der Waals surface area contributed by atoms with Crippen LogP contribution in [0.2, 0.25) is 0 Å². The summed E-state index contributed by atoms with van der Waals surface area (Å²) in [6.45, 7) is 11.8. The maximum Gasteiger partial charge on any atom is 0.0778 e. The number of benzene rings is 1. The molecule has 0 fully saturated rings. The first kappa shape index (κ1) is 15.2. The summed E-state index contributed by atoms with van der Waals surface area (Å²) in [5, 5.41) is 3.55. The third-order valence-electron chi connectivity index (χ3n) is 3.87. The number of aryl methyl sites for hydroxylation is 2. The van der Waals surface area contributed by atoms with Gasteiger partial charge in [0, 0.05) is 13.2 Å². The average Bonchev–Trinajstić information content (AvgIpc) is 2.32. The highest BCUT2D eigenvalue weighted by Crippen LogP contribution is 2.22. The van der Waals surface area contributed by atoms with Gasteiger partial charge in [0.15, 0.2) is 0 Å². The fraction of sp³-hybridized carbons (Fsp3) is 0.625. The number of ether oxygens (including phenoxy) is 1. The highest BCUT2D eigenvalue weighted by molar-refractivity contribution is 5.34. The first-order chi connectivity index (χ1) is 8.42. The van der Waals surface area contributed by atoms with Crippen LogP contribution in [0.5, 0.6) is 0 Å². The number of hydrogen-bond acceptors (Lipinski definition) is 2. The Labute approximate surface area is 112 Å². The van der Waals surface area contributed by atoms with Gasteiger partial charge in [-0.3, -0.25) is 0 Å². The van der Waals surface area contributed by atoms with Crippen molar-refractivity contribution in [2.75, 3.05) is 13.7 Å². The summed E-state index contributed by atoms with van der Waals surface area (Å²) in [5.41, 5.74) is 4.01. The minimum Gasteiger partial charge on any atom is -0.377 e. The van der Waals surface area contributed by atoms with Crippen molar-refractivity contribution < 1.29 is 4.74 Å². The minimum absolute atomic E-state index is 0.162. The summed E-state index contributed by atoms with van der Waals surface area (Å²) in [6.07, 6.45) is 1.01. The molecule has 0 radical (unpaired) electrons. The molecule has 1 N–H and O–H groups in total. The van der Waals surface area contributed by atoms with Gasteiger partial charge in [0.2, 0.25) is 0 Å². The van der Waals surface area contributed by atoms with Crippen LogP contribution in [0, 0.1) is 13.8 Å². The second-order valence-corrected chi connectivity index (χ2v) is 5.49. The Morgan fingerprint density at radius 3 is 2.22 bits per heavy atom. The third kappa shape index (κ3) is 3.56. The molecule has 0 aliphatic rings. The van der Waals surface area contributed by atoms with Gasteiger partial charge in [-0.15, -0.1) is 0 Å². The molecule has 1 aromatic carbocycles. The molecule has 0 aliphatic heterocycles. The molecule has 0 saturated heterocycles. The molecule has 1 aromatic rings. The predicted molar refractivity (Wildman–Crippen MR) is 78.2 cm³/mol. The maximum absolute atomic E-state index is 5.64. The fourth-order valence-corrected chi connectivity index (χ4v) is 2.33. The van der Waals surface area contributed by atoms with Gasteiger partial charge in [-0.25, -0.2) is 0 Å². The van der Waals surface area contributed by atoms with Crippen LogP contribution in [0.4, 0.5) is 0 Å². The van der Waals surface area contributed by atoms with Crippen molar-refractivity contribution in [3.63, 3.8) is 0 Å². The van der Waals surface area contributed by atoms with Crippen LogP contribution in [-0.2, 0) is 11.2 Å². The monoisotopic (exact) mass is 249 g/mol. The molecule has 0 bridgehead atoms. The van der Waals surface area contributed by atoms with Gasteiger partial charge in [-0.1, -0.05) is 25.1 Å². The quantitative estimate of drug-likeness (QED) is 0.835. The molecule has 0 saturated carbocycles. The van der Waals surface area contributed by atoms with E-state index in [0.29, 0.717) is 6.04 Å². The van der Waals surface area contributed by atoms with E-state index in [1.165, 1.54) is 16.7 Å². The largest absolute Gasteiger partial charge is 0.377 e. The maximum atomic E-state index is 5.64. The molecule has 0 amide bonds. The van der Waals surface area contributed by atoms with E-state index in [2.05, 4.69) is 58.1 Å². The molecule has 0 spiro atoms. The zero-order valence-corrected chi connectivity index (χ0v) is 12.6. The van der Waals surface area contributed by atoms with Crippen LogP contribution in [-0.4, -0.2) is 25.3 Å². The topological polar surface area (TPSA) is 21.3 Å². The highest BCUT2D eigenvalue weighted by atomic mass is 16.5. The summed E-state index contributed by atoms with van der Waals surface area (Å²) >= 11 is 0. The lowest BCUT2D eigenvalue weighted by atomic mass is 9.88. The molecule has 0 aromatic heterocycles. The molecule has 102 valence electrons. The van der Waals surface area contributed by atoms with E-state index in [1.807, 2.05) is 0 Å². The van der Waals surface area contributed by atoms with E-state index in [1.54, 1.807) is 7.11 Å². The first-order valence-corrected chi connectivity index (χ1v) is 6.76. The second kappa shape index (κ2) is 6.35. The Morgan fingerprint density at radius 1 is 1.22 bits per heavy atom. The Balaban J connectivity index is 2.97. The Hall–Kier alpha value is -0.860. The number of likely N-dealkylation sites (N-methyl/N-ethyl adjacent to an activating group) is 1. The zero-order valence-electron chi connectivity index (χ0n) is 12.6. The zero-order chi connectivity index (χ0) is 13.8. The molecular formula is C16H27NO. The van der Waals surface area contributed by atoms with E-state index >= 15 is 0 Å². The van der Waals surface area contributed by atoms with Crippen LogP contribution in [0.25, 0.3) is 0 Å². The van der Waals surface area contributed by atoms with Gasteiger partial charge in [-0.2, -0.15) is 0 Å². The van der Waals surface area contributed by atoms with Crippen LogP contribution in [0.15, 0.2) is 18.2 Å². The van der Waals surface area contributed by atoms with Crippen LogP contribution < -0.4 is 5.32 Å². The van der Waals surface area contributed by atoms with Crippen LogP contribution in [0.3, 0.4) is 0 Å². The van der Waals surface area contributed by atoms with Crippen LogP contribution in [0.1, 0.15) is 37.5 Å². The number of nitrogens with one attached hydrogen (secondary N) is 1. The minimum atomic E-state index is -0.162. The van der Waals surface area contributed by atoms with Gasteiger partial charge < -0.3 is 10.1 Å². The lowest BCUT2D eigenvalue weighted by molar-refractivity contribution is -0.00966. The molecule has 18 heavy (non-hydrogen) atoms. The molecule has 0 heterocycles. The number of methoxy groups -OCH3 is 1. The smallest absolute Gasteiger partial charge is 0.0778 e. The molecule has 0 aliphatic carbocycles. The Kier molecular flexibility index (Phi) is 5.36. The predicted octanol–water partition coefficient (Wildman–Crippen LogP) is 3.25. The summed E-state index contributed by atoms with van der Waals surface area (Å²) < 4.78 is 5.64. The van der Waals surface area contributed by atoms with E-state index in [4.69, 9.17) is 4.74 Å². The van der Waals surface area contributed by atoms with E-state index in [-0.39, 0.29) is 5.60 Å². The second-order valence-electron chi connectivity index (χ2n) is 5.49. The average molecular weight is 249 g/mol. The van der Waals surface area contributed by atoms with Crippen molar-refractivity contribution >= 4 is 0 Å². The summed E-state index contributed by atoms with van der Waals surface area (Å²) in [5.74, 6) is 0. The van der Waals surface area contributed by atoms with Gasteiger partial charge >= 0.3 is 0 Å². The van der Waals surface area contributed by atoms with Crippen molar-refractivity contribution in [3.05, 3.63) is 34.9 Å². The van der Waals surface area contributed by atoms with Crippen molar-refractivity contribution in [2.24, 2.45) is 0 Å². The molecule has 2 nitrogen and oxygen atoms in total. The van der Waals surface area contributed by atoms with Gasteiger partial charge in [0.1, 0.15) is 0 Å². The first-order valence-electron chi connectivity index (χ1n) is 6.76. The molecule has 1 atom stereocenters. The Morgan fingerprint density at radius 2 is 1.78 bits per heavy atom. The van der Waals surface area contributed by atoms with Gasteiger partial charge in [-0.05, 0) is 57.4 Å². The fourth-order valence-electron chi connectivity index (χ4n) is 2.33. The third-order valence-corrected chi connectivity index (χ3v) is 3.87. The molecule has 2 heteroatoms. The van der Waals surface area contributed by atoms with E-state index in [9.17, 15) is 0 Å². The number of rotatable bonds is 6. The van der Waals surface area contributed by atoms with Crippen molar-refractivity contribution in [2.45, 2.75) is 52.7 Å². The Bertz CT molecular complexity index is 364. The lowest BCUT2D eigenvalue weighted by Crippen LogP contribution is -2.49. The van der Waals surface area contributed by atoms with Gasteiger partial charge in [0.25, 0.3) is 0 Å². The highest BCUT2D eigenvalue weighted by Gasteiger charge is 2.29. The number of hydrogen-bond donors (Lipinski definition) is 1. The van der Waals surface area contributed by atoms with Crippen LogP contribution >= 0.6 is 0 Å². The molecule has 1 rings (SSSR count). The van der Waals surface area contributed by atoms with Crippen molar-refractivity contribution in [1.29, 1.82) is 0 Å². The van der Waals surface area contributed by atoms with Crippen molar-refractivity contribution in [1.82, 2.24) is 5.32 Å². The molecule has 1 unspecified atom stereocenters. The summed E-state index contributed by atoms with van der Waals surface area (Å²) in [7, 11) is 1.79. The lowest BCUT2D eigenvalue weighted by Gasteiger charge is -2.34. The van der Waals surface area contributed by atoms with E-state index in [0.717, 1.165) is 13.0 Å². The van der Waals surface area contributed by atoms with E-state index < -0.39 is 0 Å². The van der Waals surface area contributed by atoms with Gasteiger partial charge in [0.05, 0.1) is 5.60 Å². The standard InChI is InChI=1S/C16H27NO/c1-7-17-15(16(4,5)18-6)11-14-12(2)9-8-10-13(14)3/h8-10,15,17H,7,11H2,1-6H3.